The van der Waals surface area contributed by atoms with E-state index in [1.165, 1.54) is 11.8 Å². The molecule has 2 aromatic rings. The predicted octanol–water partition coefficient (Wildman–Crippen LogP) is 2.05. The molecule has 2 aliphatic rings. The maximum Gasteiger partial charge on any atom is 0.251 e. The van der Waals surface area contributed by atoms with E-state index in [0.29, 0.717) is 37.4 Å². The average Bonchev–Trinajstić information content (AvgIpc) is 3.02. The molecule has 1 atom stereocenters. The van der Waals surface area contributed by atoms with E-state index in [2.05, 4.69) is 4.90 Å². The number of aromatic hydroxyl groups is 1. The number of rotatable bonds is 4. The molecule has 0 radical (unpaired) electrons. The van der Waals surface area contributed by atoms with E-state index in [9.17, 15) is 19.5 Å². The van der Waals surface area contributed by atoms with Crippen LogP contribution in [0.1, 0.15) is 23.7 Å². The Kier molecular flexibility index (Phi) is 5.07. The number of hydrogen-bond donors (Lipinski definition) is 1. The quantitative estimate of drug-likeness (QED) is 0.633. The molecule has 0 saturated carbocycles. The minimum atomic E-state index is -0.471. The molecular weight excluding hydrogens is 370 g/mol. The summed E-state index contributed by atoms with van der Waals surface area (Å²) in [6.45, 7) is 4.09. The molecule has 2 fully saturated rings. The van der Waals surface area contributed by atoms with Crippen molar-refractivity contribution in [2.24, 2.45) is 0 Å². The molecule has 2 heterocycles. The standard InChI is InChI=1S/C22H23N3O4/c1-15(26)16-6-8-17(9-7-16)25-21(28)14-19(22(25)29)24-12-10-23(11-13-24)18-4-2-3-5-20(18)27/h2-9,19,27H,10-14H2,1H3. The second-order valence-corrected chi connectivity index (χ2v) is 7.40. The molecule has 1 N–H and O–H groups in total. The van der Waals surface area contributed by atoms with Crippen molar-refractivity contribution in [1.29, 1.82) is 0 Å². The first-order valence-electron chi connectivity index (χ1n) is 9.70. The number of anilines is 2. The molecule has 0 bridgehead atoms. The molecule has 1 unspecified atom stereocenters. The Balaban J connectivity index is 1.44. The number of carbonyl (C=O) groups is 3. The van der Waals surface area contributed by atoms with Gasteiger partial charge >= 0.3 is 0 Å². The monoisotopic (exact) mass is 393 g/mol. The Hall–Kier alpha value is -3.19. The molecule has 0 aromatic heterocycles. The number of hydrogen-bond acceptors (Lipinski definition) is 6. The maximum absolute atomic E-state index is 13.0. The van der Waals surface area contributed by atoms with Crippen molar-refractivity contribution in [3.63, 3.8) is 0 Å². The van der Waals surface area contributed by atoms with E-state index in [-0.39, 0.29) is 29.8 Å². The first-order valence-corrected chi connectivity index (χ1v) is 9.70. The topological polar surface area (TPSA) is 81.2 Å². The number of phenolic OH excluding ortho intramolecular Hbond substituents is 1. The number of ketones is 1. The van der Waals surface area contributed by atoms with Crippen LogP contribution in [-0.2, 0) is 9.59 Å². The number of piperazine rings is 1. The van der Waals surface area contributed by atoms with Crippen LogP contribution in [0.15, 0.2) is 48.5 Å². The third kappa shape index (κ3) is 3.61. The van der Waals surface area contributed by atoms with Crippen LogP contribution >= 0.6 is 0 Å². The largest absolute Gasteiger partial charge is 0.506 e. The van der Waals surface area contributed by atoms with E-state index in [1.54, 1.807) is 36.4 Å². The van der Waals surface area contributed by atoms with Gasteiger partial charge in [-0.05, 0) is 43.3 Å². The van der Waals surface area contributed by atoms with Crippen LogP contribution < -0.4 is 9.80 Å². The Bertz CT molecular complexity index is 949. The summed E-state index contributed by atoms with van der Waals surface area (Å²) in [6.07, 6.45) is 0.157. The minimum absolute atomic E-state index is 0.0594. The average molecular weight is 393 g/mol. The van der Waals surface area contributed by atoms with Gasteiger partial charge in [0.1, 0.15) is 5.75 Å². The minimum Gasteiger partial charge on any atom is -0.506 e. The molecule has 29 heavy (non-hydrogen) atoms. The summed E-state index contributed by atoms with van der Waals surface area (Å²) in [5.41, 5.74) is 1.83. The second-order valence-electron chi connectivity index (χ2n) is 7.40. The highest BCUT2D eigenvalue weighted by molar-refractivity contribution is 6.22. The Morgan fingerprint density at radius 1 is 0.966 bits per heavy atom. The number of carbonyl (C=O) groups excluding carboxylic acids is 3. The summed E-state index contributed by atoms with van der Waals surface area (Å²) in [5.74, 6) is -0.260. The first-order chi connectivity index (χ1) is 14.0. The van der Waals surface area contributed by atoms with Gasteiger partial charge < -0.3 is 10.0 Å². The Morgan fingerprint density at radius 2 is 1.62 bits per heavy atom. The van der Waals surface area contributed by atoms with Crippen molar-refractivity contribution in [1.82, 2.24) is 4.90 Å². The van der Waals surface area contributed by atoms with Crippen molar-refractivity contribution < 1.29 is 19.5 Å². The molecule has 0 spiro atoms. The third-order valence-corrected chi connectivity index (χ3v) is 5.63. The fourth-order valence-corrected chi connectivity index (χ4v) is 4.02. The SMILES string of the molecule is CC(=O)c1ccc(N2C(=O)CC(N3CCN(c4ccccc4O)CC3)C2=O)cc1. The van der Waals surface area contributed by atoms with Gasteiger partial charge in [0.2, 0.25) is 5.91 Å². The fraction of sp³-hybridized carbons (Fsp3) is 0.318. The summed E-state index contributed by atoms with van der Waals surface area (Å²) in [5, 5.41) is 10.0. The number of benzene rings is 2. The molecule has 7 heteroatoms. The fourth-order valence-electron chi connectivity index (χ4n) is 4.02. The molecular formula is C22H23N3O4. The molecule has 150 valence electrons. The van der Waals surface area contributed by atoms with Crippen LogP contribution in [0.25, 0.3) is 0 Å². The summed E-state index contributed by atoms with van der Waals surface area (Å²) >= 11 is 0. The molecule has 2 amide bonds. The lowest BCUT2D eigenvalue weighted by Crippen LogP contribution is -2.52. The van der Waals surface area contributed by atoms with Gasteiger partial charge in [0, 0.05) is 31.7 Å². The molecule has 7 nitrogen and oxygen atoms in total. The van der Waals surface area contributed by atoms with Crippen LogP contribution in [-0.4, -0.2) is 59.8 Å². The van der Waals surface area contributed by atoms with Crippen molar-refractivity contribution in [2.45, 2.75) is 19.4 Å². The smallest absolute Gasteiger partial charge is 0.251 e. The van der Waals surface area contributed by atoms with Crippen LogP contribution in [0.2, 0.25) is 0 Å². The lowest BCUT2D eigenvalue weighted by Gasteiger charge is -2.38. The number of Topliss-reactive ketones (excluding diaryl/α,β-unsaturated/α-hetero) is 1. The lowest BCUT2D eigenvalue weighted by atomic mass is 10.1. The summed E-state index contributed by atoms with van der Waals surface area (Å²) in [4.78, 5) is 42.3. The van der Waals surface area contributed by atoms with Gasteiger partial charge in [0.15, 0.2) is 5.78 Å². The van der Waals surface area contributed by atoms with Gasteiger partial charge in [0.05, 0.1) is 23.8 Å². The van der Waals surface area contributed by atoms with E-state index >= 15 is 0 Å². The van der Waals surface area contributed by atoms with Gasteiger partial charge in [-0.15, -0.1) is 0 Å². The highest BCUT2D eigenvalue weighted by Gasteiger charge is 2.43. The number of nitrogens with zero attached hydrogens (tertiary/aromatic N) is 3. The predicted molar refractivity (Wildman–Crippen MR) is 109 cm³/mol. The van der Waals surface area contributed by atoms with Crippen molar-refractivity contribution in [2.75, 3.05) is 36.0 Å². The van der Waals surface area contributed by atoms with Gasteiger partial charge in [-0.2, -0.15) is 0 Å². The van der Waals surface area contributed by atoms with E-state index in [0.717, 1.165) is 5.69 Å². The zero-order chi connectivity index (χ0) is 20.5. The molecule has 0 aliphatic carbocycles. The first kappa shape index (κ1) is 19.1. The van der Waals surface area contributed by atoms with E-state index < -0.39 is 6.04 Å². The van der Waals surface area contributed by atoms with Crippen molar-refractivity contribution in [3.8, 4) is 5.75 Å². The lowest BCUT2D eigenvalue weighted by molar-refractivity contribution is -0.123. The Morgan fingerprint density at radius 3 is 2.24 bits per heavy atom. The molecule has 2 saturated heterocycles. The van der Waals surface area contributed by atoms with Gasteiger partial charge in [-0.1, -0.05) is 12.1 Å². The maximum atomic E-state index is 13.0. The van der Waals surface area contributed by atoms with Crippen LogP contribution in [0, 0.1) is 0 Å². The zero-order valence-electron chi connectivity index (χ0n) is 16.2. The van der Waals surface area contributed by atoms with Gasteiger partial charge in [0.25, 0.3) is 5.91 Å². The highest BCUT2D eigenvalue weighted by atomic mass is 16.3. The number of para-hydroxylation sites is 2. The van der Waals surface area contributed by atoms with Gasteiger partial charge in [-0.3, -0.25) is 19.3 Å². The van der Waals surface area contributed by atoms with Crippen molar-refractivity contribution in [3.05, 3.63) is 54.1 Å². The summed E-state index contributed by atoms with van der Waals surface area (Å²) in [6, 6.07) is 13.3. The zero-order valence-corrected chi connectivity index (χ0v) is 16.2. The number of amides is 2. The number of imide groups is 1. The molecule has 2 aromatic carbocycles. The van der Waals surface area contributed by atoms with Crippen molar-refractivity contribution >= 4 is 29.0 Å². The highest BCUT2D eigenvalue weighted by Crippen LogP contribution is 2.30. The van der Waals surface area contributed by atoms with Crippen LogP contribution in [0.5, 0.6) is 5.75 Å². The Labute approximate surface area is 169 Å². The summed E-state index contributed by atoms with van der Waals surface area (Å²) in [7, 11) is 0. The van der Waals surface area contributed by atoms with E-state index in [1.807, 2.05) is 17.0 Å². The third-order valence-electron chi connectivity index (χ3n) is 5.63. The number of phenols is 1. The van der Waals surface area contributed by atoms with Crippen LogP contribution in [0.4, 0.5) is 11.4 Å². The summed E-state index contributed by atoms with van der Waals surface area (Å²) < 4.78 is 0. The van der Waals surface area contributed by atoms with Gasteiger partial charge in [-0.25, -0.2) is 4.90 Å². The molecule has 4 rings (SSSR count). The molecule has 2 aliphatic heterocycles. The second kappa shape index (κ2) is 7.67. The van der Waals surface area contributed by atoms with Crippen LogP contribution in [0.3, 0.4) is 0 Å². The normalized spacial score (nSPS) is 20.4. The van der Waals surface area contributed by atoms with E-state index in [4.69, 9.17) is 0 Å².